The van der Waals surface area contributed by atoms with E-state index >= 15 is 0 Å². The smallest absolute Gasteiger partial charge is 0.00369 e. The maximum absolute atomic E-state index is 5.52. The second-order valence-corrected chi connectivity index (χ2v) is 5.05. The first-order chi connectivity index (χ1) is 7.12. The number of nitrogens with two attached hydrogens (primary N) is 2. The standard InChI is InChI=1S/C12H29N3/c1-12(2,6-3-8-13)7-4-10-15-11-5-9-14/h15H,3-11,13-14H2,1-2H3. The second-order valence-electron chi connectivity index (χ2n) is 5.05. The highest BCUT2D eigenvalue weighted by Crippen LogP contribution is 2.27. The molecule has 0 saturated carbocycles. The molecule has 0 atom stereocenters. The van der Waals surface area contributed by atoms with Gasteiger partial charge in [0.15, 0.2) is 0 Å². The normalized spacial score (nSPS) is 12.0. The molecule has 3 heteroatoms. The number of hydrogen-bond acceptors (Lipinski definition) is 3. The van der Waals surface area contributed by atoms with Crippen LogP contribution in [0.4, 0.5) is 0 Å². The lowest BCUT2D eigenvalue weighted by Gasteiger charge is -2.24. The van der Waals surface area contributed by atoms with E-state index in [2.05, 4.69) is 19.2 Å². The van der Waals surface area contributed by atoms with Crippen LogP contribution >= 0.6 is 0 Å². The fourth-order valence-corrected chi connectivity index (χ4v) is 1.75. The molecule has 3 nitrogen and oxygen atoms in total. The lowest BCUT2D eigenvalue weighted by molar-refractivity contribution is 0.291. The highest BCUT2D eigenvalue weighted by molar-refractivity contribution is 4.69. The molecule has 0 amide bonds. The summed E-state index contributed by atoms with van der Waals surface area (Å²) in [4.78, 5) is 0. The molecule has 0 aliphatic heterocycles. The maximum Gasteiger partial charge on any atom is -0.00369 e. The molecule has 0 aromatic rings. The summed E-state index contributed by atoms with van der Waals surface area (Å²) in [6.45, 7) is 8.45. The number of nitrogens with one attached hydrogen (secondary N) is 1. The van der Waals surface area contributed by atoms with E-state index in [-0.39, 0.29) is 0 Å². The zero-order valence-corrected chi connectivity index (χ0v) is 10.5. The minimum absolute atomic E-state index is 0.453. The van der Waals surface area contributed by atoms with Gasteiger partial charge in [-0.25, -0.2) is 0 Å². The van der Waals surface area contributed by atoms with Gasteiger partial charge in [0.1, 0.15) is 0 Å². The molecule has 0 heterocycles. The summed E-state index contributed by atoms with van der Waals surface area (Å²) >= 11 is 0. The van der Waals surface area contributed by atoms with E-state index < -0.39 is 0 Å². The van der Waals surface area contributed by atoms with Crippen LogP contribution in [0.2, 0.25) is 0 Å². The van der Waals surface area contributed by atoms with Crippen molar-refractivity contribution in [3.8, 4) is 0 Å². The van der Waals surface area contributed by atoms with Gasteiger partial charge in [0.2, 0.25) is 0 Å². The third-order valence-corrected chi connectivity index (χ3v) is 2.82. The molecule has 0 saturated heterocycles. The predicted molar refractivity (Wildman–Crippen MR) is 67.8 cm³/mol. The van der Waals surface area contributed by atoms with Crippen LogP contribution in [0.15, 0.2) is 0 Å². The molecule has 15 heavy (non-hydrogen) atoms. The van der Waals surface area contributed by atoms with E-state index in [1.807, 2.05) is 0 Å². The van der Waals surface area contributed by atoms with Gasteiger partial charge in [0.05, 0.1) is 0 Å². The molecule has 92 valence electrons. The minimum atomic E-state index is 0.453. The van der Waals surface area contributed by atoms with Gasteiger partial charge in [-0.2, -0.15) is 0 Å². The SMILES string of the molecule is CC(C)(CCCN)CCCNCCCN. The molecular weight excluding hydrogens is 186 g/mol. The van der Waals surface area contributed by atoms with Gasteiger partial charge in [0, 0.05) is 0 Å². The van der Waals surface area contributed by atoms with Crippen molar-refractivity contribution in [2.45, 2.75) is 46.0 Å². The predicted octanol–water partition coefficient (Wildman–Crippen LogP) is 1.47. The Kier molecular flexibility index (Phi) is 9.06. The van der Waals surface area contributed by atoms with Crippen molar-refractivity contribution in [1.29, 1.82) is 0 Å². The highest BCUT2D eigenvalue weighted by Gasteiger charge is 2.15. The molecule has 0 fully saturated rings. The average molecular weight is 215 g/mol. The molecule has 0 unspecified atom stereocenters. The van der Waals surface area contributed by atoms with Crippen molar-refractivity contribution >= 4 is 0 Å². The summed E-state index contributed by atoms with van der Waals surface area (Å²) in [7, 11) is 0. The van der Waals surface area contributed by atoms with Crippen LogP contribution in [-0.2, 0) is 0 Å². The monoisotopic (exact) mass is 215 g/mol. The van der Waals surface area contributed by atoms with E-state index in [9.17, 15) is 0 Å². The Balaban J connectivity index is 3.32. The molecule has 0 bridgehead atoms. The Morgan fingerprint density at radius 2 is 1.40 bits per heavy atom. The summed E-state index contributed by atoms with van der Waals surface area (Å²) in [5, 5.41) is 3.41. The van der Waals surface area contributed by atoms with Crippen molar-refractivity contribution in [1.82, 2.24) is 5.32 Å². The van der Waals surface area contributed by atoms with E-state index in [0.717, 1.165) is 39.0 Å². The summed E-state index contributed by atoms with van der Waals surface area (Å²) < 4.78 is 0. The molecule has 0 aliphatic rings. The fourth-order valence-electron chi connectivity index (χ4n) is 1.75. The number of hydrogen-bond donors (Lipinski definition) is 3. The molecule has 0 rings (SSSR count). The lowest BCUT2D eigenvalue weighted by Crippen LogP contribution is -2.21. The Labute approximate surface area is 95.0 Å². The first-order valence-corrected chi connectivity index (χ1v) is 6.23. The molecule has 0 spiro atoms. The van der Waals surface area contributed by atoms with Gasteiger partial charge in [-0.3, -0.25) is 0 Å². The summed E-state index contributed by atoms with van der Waals surface area (Å²) in [6, 6.07) is 0. The Hall–Kier alpha value is -0.120. The Morgan fingerprint density at radius 1 is 0.867 bits per heavy atom. The average Bonchev–Trinajstić information content (AvgIpc) is 2.20. The minimum Gasteiger partial charge on any atom is -0.330 e. The van der Waals surface area contributed by atoms with Crippen LogP contribution < -0.4 is 16.8 Å². The quantitative estimate of drug-likeness (QED) is 0.484. The van der Waals surface area contributed by atoms with Crippen molar-refractivity contribution < 1.29 is 0 Å². The van der Waals surface area contributed by atoms with Gasteiger partial charge < -0.3 is 16.8 Å². The summed E-state index contributed by atoms with van der Waals surface area (Å²) in [5.41, 5.74) is 11.4. The van der Waals surface area contributed by atoms with Crippen LogP contribution in [0.25, 0.3) is 0 Å². The van der Waals surface area contributed by atoms with Gasteiger partial charge in [0.25, 0.3) is 0 Å². The van der Waals surface area contributed by atoms with Gasteiger partial charge >= 0.3 is 0 Å². The van der Waals surface area contributed by atoms with E-state index in [1.165, 1.54) is 19.3 Å². The third-order valence-electron chi connectivity index (χ3n) is 2.82. The van der Waals surface area contributed by atoms with Gasteiger partial charge in [-0.05, 0) is 63.7 Å². The molecular formula is C12H29N3. The molecule has 5 N–H and O–H groups in total. The van der Waals surface area contributed by atoms with Crippen molar-refractivity contribution in [2.24, 2.45) is 16.9 Å². The van der Waals surface area contributed by atoms with Gasteiger partial charge in [-0.15, -0.1) is 0 Å². The number of rotatable bonds is 10. The Bertz CT molecular complexity index is 135. The molecule has 0 aliphatic carbocycles. The van der Waals surface area contributed by atoms with E-state index in [1.54, 1.807) is 0 Å². The second kappa shape index (κ2) is 9.13. The van der Waals surface area contributed by atoms with Crippen molar-refractivity contribution in [2.75, 3.05) is 26.2 Å². The van der Waals surface area contributed by atoms with Crippen LogP contribution in [0.5, 0.6) is 0 Å². The third kappa shape index (κ3) is 10.2. The van der Waals surface area contributed by atoms with E-state index in [0.29, 0.717) is 5.41 Å². The zero-order chi connectivity index (χ0) is 11.6. The Morgan fingerprint density at radius 3 is 2.00 bits per heavy atom. The lowest BCUT2D eigenvalue weighted by atomic mass is 9.83. The van der Waals surface area contributed by atoms with Crippen LogP contribution in [0.3, 0.4) is 0 Å². The summed E-state index contributed by atoms with van der Waals surface area (Å²) in [6.07, 6.45) is 6.00. The molecule has 0 aromatic carbocycles. The largest absolute Gasteiger partial charge is 0.330 e. The maximum atomic E-state index is 5.52. The van der Waals surface area contributed by atoms with Gasteiger partial charge in [-0.1, -0.05) is 13.8 Å². The first kappa shape index (κ1) is 14.9. The topological polar surface area (TPSA) is 64.1 Å². The zero-order valence-electron chi connectivity index (χ0n) is 10.5. The van der Waals surface area contributed by atoms with E-state index in [4.69, 9.17) is 11.5 Å². The van der Waals surface area contributed by atoms with Crippen molar-refractivity contribution in [3.05, 3.63) is 0 Å². The van der Waals surface area contributed by atoms with Crippen LogP contribution in [-0.4, -0.2) is 26.2 Å². The molecule has 0 aromatic heterocycles. The van der Waals surface area contributed by atoms with Crippen LogP contribution in [0.1, 0.15) is 46.0 Å². The van der Waals surface area contributed by atoms with Crippen molar-refractivity contribution in [3.63, 3.8) is 0 Å². The highest BCUT2D eigenvalue weighted by atomic mass is 14.8. The fraction of sp³-hybridized carbons (Fsp3) is 1.00. The first-order valence-electron chi connectivity index (χ1n) is 6.23. The molecule has 0 radical (unpaired) electrons. The van der Waals surface area contributed by atoms with Crippen LogP contribution in [0, 0.1) is 5.41 Å². The summed E-state index contributed by atoms with van der Waals surface area (Å²) in [5.74, 6) is 0.